The number of carbonyl (C=O) groups is 1. The summed E-state index contributed by atoms with van der Waals surface area (Å²) in [4.78, 5) is 18.6. The fraction of sp³-hybridized carbons (Fsp3) is 0.571. The molecule has 1 aliphatic rings. The van der Waals surface area contributed by atoms with Gasteiger partial charge in [-0.1, -0.05) is 0 Å². The molecule has 2 heterocycles. The number of aryl methyl sites for hydroxylation is 2. The molecular weight excluding hydrogens is 228 g/mol. The lowest BCUT2D eigenvalue weighted by Gasteiger charge is -2.32. The predicted octanol–water partition coefficient (Wildman–Crippen LogP) is 1.95. The first kappa shape index (κ1) is 13.0. The third kappa shape index (κ3) is 2.70. The van der Waals surface area contributed by atoms with Crippen molar-refractivity contribution in [3.05, 3.63) is 29.1 Å². The molecule has 0 bridgehead atoms. The van der Waals surface area contributed by atoms with Crippen LogP contribution in [0.5, 0.6) is 0 Å². The van der Waals surface area contributed by atoms with Crippen LogP contribution in [0.2, 0.25) is 0 Å². The van der Waals surface area contributed by atoms with E-state index in [1.807, 2.05) is 30.9 Å². The first-order valence-corrected chi connectivity index (χ1v) is 6.38. The van der Waals surface area contributed by atoms with Gasteiger partial charge in [-0.05, 0) is 38.8 Å². The number of carbonyl (C=O) groups excluding carboxylic acids is 1. The van der Waals surface area contributed by atoms with Gasteiger partial charge in [0.25, 0.3) is 5.91 Å². The van der Waals surface area contributed by atoms with Crippen molar-refractivity contribution in [3.8, 4) is 0 Å². The summed E-state index contributed by atoms with van der Waals surface area (Å²) in [6, 6.07) is 3.76. The molecule has 4 heteroatoms. The average Bonchev–Trinajstić information content (AvgIpc) is 2.38. The second kappa shape index (κ2) is 5.48. The van der Waals surface area contributed by atoms with E-state index in [4.69, 9.17) is 4.74 Å². The maximum absolute atomic E-state index is 12.4. The van der Waals surface area contributed by atoms with Gasteiger partial charge in [-0.25, -0.2) is 0 Å². The van der Waals surface area contributed by atoms with Gasteiger partial charge in [-0.2, -0.15) is 0 Å². The minimum atomic E-state index is 0.0711. The minimum Gasteiger partial charge on any atom is -0.380 e. The molecule has 2 rings (SSSR count). The second-order valence-corrected chi connectivity index (χ2v) is 4.84. The first-order valence-electron chi connectivity index (χ1n) is 6.38. The van der Waals surface area contributed by atoms with E-state index < -0.39 is 0 Å². The molecule has 0 aliphatic carbocycles. The fourth-order valence-corrected chi connectivity index (χ4v) is 2.40. The SMILES string of the molecule is COC1CCCN(C(=O)c2ccc(C)nc2C)C1. The third-order valence-electron chi connectivity index (χ3n) is 3.45. The van der Waals surface area contributed by atoms with Gasteiger partial charge < -0.3 is 9.64 Å². The number of aromatic nitrogens is 1. The molecule has 1 amide bonds. The summed E-state index contributed by atoms with van der Waals surface area (Å²) in [6.07, 6.45) is 2.20. The summed E-state index contributed by atoms with van der Waals surface area (Å²) < 4.78 is 5.35. The Morgan fingerprint density at radius 3 is 2.89 bits per heavy atom. The maximum Gasteiger partial charge on any atom is 0.255 e. The van der Waals surface area contributed by atoms with Crippen molar-refractivity contribution in [3.63, 3.8) is 0 Å². The zero-order valence-electron chi connectivity index (χ0n) is 11.3. The summed E-state index contributed by atoms with van der Waals surface area (Å²) in [5.74, 6) is 0.0711. The van der Waals surface area contributed by atoms with Crippen molar-refractivity contribution < 1.29 is 9.53 Å². The molecular formula is C14H20N2O2. The molecule has 98 valence electrons. The second-order valence-electron chi connectivity index (χ2n) is 4.84. The summed E-state index contributed by atoms with van der Waals surface area (Å²) in [6.45, 7) is 5.32. The van der Waals surface area contributed by atoms with E-state index in [1.165, 1.54) is 0 Å². The monoisotopic (exact) mass is 248 g/mol. The van der Waals surface area contributed by atoms with Crippen molar-refractivity contribution in [1.29, 1.82) is 0 Å². The Kier molecular flexibility index (Phi) is 3.97. The van der Waals surface area contributed by atoms with E-state index >= 15 is 0 Å². The van der Waals surface area contributed by atoms with Crippen LogP contribution in [-0.2, 0) is 4.74 Å². The molecule has 1 fully saturated rings. The summed E-state index contributed by atoms with van der Waals surface area (Å²) in [5, 5.41) is 0. The van der Waals surface area contributed by atoms with Gasteiger partial charge in [-0.15, -0.1) is 0 Å². The number of hydrogen-bond acceptors (Lipinski definition) is 3. The van der Waals surface area contributed by atoms with Crippen LogP contribution in [0, 0.1) is 13.8 Å². The highest BCUT2D eigenvalue weighted by Crippen LogP contribution is 2.17. The lowest BCUT2D eigenvalue weighted by atomic mass is 10.1. The molecule has 0 N–H and O–H groups in total. The van der Waals surface area contributed by atoms with E-state index in [9.17, 15) is 4.79 Å². The zero-order valence-corrected chi connectivity index (χ0v) is 11.3. The van der Waals surface area contributed by atoms with E-state index in [0.29, 0.717) is 12.1 Å². The van der Waals surface area contributed by atoms with Gasteiger partial charge in [0.2, 0.25) is 0 Å². The van der Waals surface area contributed by atoms with E-state index in [1.54, 1.807) is 7.11 Å². The van der Waals surface area contributed by atoms with Crippen LogP contribution in [-0.4, -0.2) is 42.1 Å². The Morgan fingerprint density at radius 2 is 2.22 bits per heavy atom. The number of hydrogen-bond donors (Lipinski definition) is 0. The Labute approximate surface area is 108 Å². The molecule has 1 aromatic rings. The minimum absolute atomic E-state index is 0.0711. The topological polar surface area (TPSA) is 42.4 Å². The quantitative estimate of drug-likeness (QED) is 0.803. The standard InChI is InChI=1S/C14H20N2O2/c1-10-6-7-13(11(2)15-10)14(17)16-8-4-5-12(9-16)18-3/h6-7,12H,4-5,8-9H2,1-3H3. The first-order chi connectivity index (χ1) is 8.61. The van der Waals surface area contributed by atoms with Gasteiger partial charge in [0.1, 0.15) is 0 Å². The predicted molar refractivity (Wildman–Crippen MR) is 69.6 cm³/mol. The van der Waals surface area contributed by atoms with Crippen molar-refractivity contribution in [2.24, 2.45) is 0 Å². The number of amides is 1. The van der Waals surface area contributed by atoms with Gasteiger partial charge in [0.15, 0.2) is 0 Å². The average molecular weight is 248 g/mol. The van der Waals surface area contributed by atoms with E-state index in [0.717, 1.165) is 30.8 Å². The van der Waals surface area contributed by atoms with Crippen LogP contribution in [0.1, 0.15) is 34.6 Å². The Morgan fingerprint density at radius 1 is 1.44 bits per heavy atom. The number of pyridine rings is 1. The number of piperidine rings is 1. The summed E-state index contributed by atoms with van der Waals surface area (Å²) in [7, 11) is 1.71. The highest BCUT2D eigenvalue weighted by Gasteiger charge is 2.25. The third-order valence-corrected chi connectivity index (χ3v) is 3.45. The molecule has 0 saturated carbocycles. The van der Waals surface area contributed by atoms with Crippen molar-refractivity contribution in [1.82, 2.24) is 9.88 Å². The lowest BCUT2D eigenvalue weighted by Crippen LogP contribution is -2.43. The number of ether oxygens (including phenoxy) is 1. The maximum atomic E-state index is 12.4. The van der Waals surface area contributed by atoms with Crippen molar-refractivity contribution in [2.75, 3.05) is 20.2 Å². The summed E-state index contributed by atoms with van der Waals surface area (Å²) in [5.41, 5.74) is 2.45. The van der Waals surface area contributed by atoms with Crippen LogP contribution in [0.4, 0.5) is 0 Å². The van der Waals surface area contributed by atoms with Crippen LogP contribution in [0.3, 0.4) is 0 Å². The molecule has 1 unspecified atom stereocenters. The normalized spacial score (nSPS) is 19.9. The molecule has 0 aromatic carbocycles. The number of rotatable bonds is 2. The van der Waals surface area contributed by atoms with Crippen LogP contribution < -0.4 is 0 Å². The zero-order chi connectivity index (χ0) is 13.1. The smallest absolute Gasteiger partial charge is 0.255 e. The molecule has 1 atom stereocenters. The highest BCUT2D eigenvalue weighted by molar-refractivity contribution is 5.95. The van der Waals surface area contributed by atoms with Crippen LogP contribution in [0.15, 0.2) is 12.1 Å². The molecule has 1 saturated heterocycles. The van der Waals surface area contributed by atoms with Crippen LogP contribution >= 0.6 is 0 Å². The van der Waals surface area contributed by atoms with E-state index in [2.05, 4.69) is 4.98 Å². The van der Waals surface area contributed by atoms with E-state index in [-0.39, 0.29) is 12.0 Å². The van der Waals surface area contributed by atoms with Crippen LogP contribution in [0.25, 0.3) is 0 Å². The number of likely N-dealkylation sites (tertiary alicyclic amines) is 1. The largest absolute Gasteiger partial charge is 0.380 e. The highest BCUT2D eigenvalue weighted by atomic mass is 16.5. The van der Waals surface area contributed by atoms with Crippen molar-refractivity contribution >= 4 is 5.91 Å². The van der Waals surface area contributed by atoms with Gasteiger partial charge in [0, 0.05) is 25.9 Å². The molecule has 1 aromatic heterocycles. The Hall–Kier alpha value is -1.42. The Bertz CT molecular complexity index is 445. The Balaban J connectivity index is 2.15. The summed E-state index contributed by atoms with van der Waals surface area (Å²) >= 11 is 0. The number of nitrogens with zero attached hydrogens (tertiary/aromatic N) is 2. The van der Waals surface area contributed by atoms with Crippen molar-refractivity contribution in [2.45, 2.75) is 32.8 Å². The molecule has 0 spiro atoms. The molecule has 4 nitrogen and oxygen atoms in total. The van der Waals surface area contributed by atoms with Gasteiger partial charge >= 0.3 is 0 Å². The molecule has 1 aliphatic heterocycles. The number of methoxy groups -OCH3 is 1. The molecule has 18 heavy (non-hydrogen) atoms. The molecule has 0 radical (unpaired) electrons. The van der Waals surface area contributed by atoms with Gasteiger partial charge in [-0.3, -0.25) is 9.78 Å². The fourth-order valence-electron chi connectivity index (χ4n) is 2.40. The van der Waals surface area contributed by atoms with Gasteiger partial charge in [0.05, 0.1) is 17.4 Å². The lowest BCUT2D eigenvalue weighted by molar-refractivity contribution is 0.0268.